The van der Waals surface area contributed by atoms with Gasteiger partial charge in [0.1, 0.15) is 5.75 Å². The molecule has 6 nitrogen and oxygen atoms in total. The van der Waals surface area contributed by atoms with E-state index in [0.29, 0.717) is 18.3 Å². The van der Waals surface area contributed by atoms with Crippen LogP contribution in [0.5, 0.6) is 5.75 Å². The lowest BCUT2D eigenvalue weighted by molar-refractivity contribution is 0.411. The SMILES string of the molecule is COc1cccc(-c2nc(Cn3ccnc3)no2)c1. The van der Waals surface area contributed by atoms with Crippen molar-refractivity contribution in [3.63, 3.8) is 0 Å². The molecule has 0 saturated carbocycles. The fraction of sp³-hybridized carbons (Fsp3) is 0.154. The molecule has 0 saturated heterocycles. The smallest absolute Gasteiger partial charge is 0.258 e. The molecule has 3 rings (SSSR count). The predicted molar refractivity (Wildman–Crippen MR) is 67.6 cm³/mol. The van der Waals surface area contributed by atoms with E-state index in [2.05, 4.69) is 15.1 Å². The van der Waals surface area contributed by atoms with Gasteiger partial charge < -0.3 is 13.8 Å². The van der Waals surface area contributed by atoms with Crippen molar-refractivity contribution in [3.8, 4) is 17.2 Å². The van der Waals surface area contributed by atoms with Crippen molar-refractivity contribution in [1.82, 2.24) is 19.7 Å². The number of ether oxygens (including phenoxy) is 1. The van der Waals surface area contributed by atoms with Crippen LogP contribution in [-0.4, -0.2) is 26.8 Å². The van der Waals surface area contributed by atoms with E-state index in [1.165, 1.54) is 0 Å². The molecule has 2 aromatic heterocycles. The maximum Gasteiger partial charge on any atom is 0.258 e. The van der Waals surface area contributed by atoms with E-state index < -0.39 is 0 Å². The fourth-order valence-electron chi connectivity index (χ4n) is 1.74. The van der Waals surface area contributed by atoms with Gasteiger partial charge in [0.25, 0.3) is 5.89 Å². The molecule has 0 aliphatic rings. The molecule has 0 radical (unpaired) electrons. The minimum atomic E-state index is 0.481. The lowest BCUT2D eigenvalue weighted by Gasteiger charge is -1.99. The van der Waals surface area contributed by atoms with Crippen LogP contribution < -0.4 is 4.74 Å². The number of hydrogen-bond donors (Lipinski definition) is 0. The van der Waals surface area contributed by atoms with Crippen molar-refractivity contribution in [2.75, 3.05) is 7.11 Å². The van der Waals surface area contributed by atoms with Gasteiger partial charge in [-0.15, -0.1) is 0 Å². The van der Waals surface area contributed by atoms with E-state index >= 15 is 0 Å². The van der Waals surface area contributed by atoms with Crippen molar-refractivity contribution < 1.29 is 9.26 Å². The second kappa shape index (κ2) is 4.93. The first-order chi connectivity index (χ1) is 9.35. The Bertz CT molecular complexity index is 661. The molecular weight excluding hydrogens is 244 g/mol. The highest BCUT2D eigenvalue weighted by Crippen LogP contribution is 2.22. The van der Waals surface area contributed by atoms with Crippen LogP contribution in [0.4, 0.5) is 0 Å². The number of hydrogen-bond acceptors (Lipinski definition) is 5. The number of rotatable bonds is 4. The minimum absolute atomic E-state index is 0.481. The molecule has 0 amide bonds. The molecule has 96 valence electrons. The summed E-state index contributed by atoms with van der Waals surface area (Å²) in [5.41, 5.74) is 0.837. The third kappa shape index (κ3) is 2.47. The van der Waals surface area contributed by atoms with Crippen molar-refractivity contribution in [1.29, 1.82) is 0 Å². The number of benzene rings is 1. The van der Waals surface area contributed by atoms with E-state index in [-0.39, 0.29) is 0 Å². The summed E-state index contributed by atoms with van der Waals surface area (Å²) < 4.78 is 12.3. The normalized spacial score (nSPS) is 10.6. The monoisotopic (exact) mass is 256 g/mol. The first-order valence-electron chi connectivity index (χ1n) is 5.78. The van der Waals surface area contributed by atoms with Gasteiger partial charge in [0.2, 0.25) is 0 Å². The summed E-state index contributed by atoms with van der Waals surface area (Å²) in [5, 5.41) is 3.95. The van der Waals surface area contributed by atoms with Gasteiger partial charge in [-0.05, 0) is 18.2 Å². The second-order valence-electron chi connectivity index (χ2n) is 3.98. The molecule has 0 aliphatic heterocycles. The highest BCUT2D eigenvalue weighted by atomic mass is 16.5. The quantitative estimate of drug-likeness (QED) is 0.714. The summed E-state index contributed by atoms with van der Waals surface area (Å²) >= 11 is 0. The molecule has 6 heteroatoms. The number of imidazole rings is 1. The van der Waals surface area contributed by atoms with Crippen LogP contribution in [-0.2, 0) is 6.54 Å². The molecular formula is C13H12N4O2. The van der Waals surface area contributed by atoms with E-state index in [9.17, 15) is 0 Å². The van der Waals surface area contributed by atoms with Crippen molar-refractivity contribution in [3.05, 3.63) is 48.8 Å². The zero-order valence-electron chi connectivity index (χ0n) is 10.4. The number of nitrogens with zero attached hydrogens (tertiary/aromatic N) is 4. The van der Waals surface area contributed by atoms with Crippen LogP contribution in [0.3, 0.4) is 0 Å². The zero-order valence-corrected chi connectivity index (χ0v) is 10.4. The first-order valence-corrected chi connectivity index (χ1v) is 5.78. The van der Waals surface area contributed by atoms with Gasteiger partial charge in [0.15, 0.2) is 5.82 Å². The molecule has 0 spiro atoms. The lowest BCUT2D eigenvalue weighted by atomic mass is 10.2. The van der Waals surface area contributed by atoms with E-state index in [1.54, 1.807) is 19.6 Å². The largest absolute Gasteiger partial charge is 0.497 e. The number of methoxy groups -OCH3 is 1. The van der Waals surface area contributed by atoms with Gasteiger partial charge in [0, 0.05) is 18.0 Å². The Hall–Kier alpha value is -2.63. The molecule has 0 aliphatic carbocycles. The Labute approximate surface area is 109 Å². The van der Waals surface area contributed by atoms with Crippen molar-refractivity contribution >= 4 is 0 Å². The van der Waals surface area contributed by atoms with Crippen molar-refractivity contribution in [2.24, 2.45) is 0 Å². The van der Waals surface area contributed by atoms with Crippen LogP contribution in [0.25, 0.3) is 11.5 Å². The Kier molecular flexibility index (Phi) is 2.97. The predicted octanol–water partition coefficient (Wildman–Crippen LogP) is 1.99. The Balaban J connectivity index is 1.84. The molecule has 0 unspecified atom stereocenters. The average Bonchev–Trinajstić information content (AvgIpc) is 3.11. The van der Waals surface area contributed by atoms with E-state index in [4.69, 9.17) is 9.26 Å². The Morgan fingerprint density at radius 1 is 1.37 bits per heavy atom. The highest BCUT2D eigenvalue weighted by Gasteiger charge is 2.09. The summed E-state index contributed by atoms with van der Waals surface area (Å²) in [4.78, 5) is 8.32. The van der Waals surface area contributed by atoms with Gasteiger partial charge in [-0.25, -0.2) is 4.98 Å². The third-order valence-corrected chi connectivity index (χ3v) is 2.67. The Morgan fingerprint density at radius 2 is 2.32 bits per heavy atom. The zero-order chi connectivity index (χ0) is 13.1. The maximum absolute atomic E-state index is 5.25. The summed E-state index contributed by atoms with van der Waals surface area (Å²) in [7, 11) is 1.62. The summed E-state index contributed by atoms with van der Waals surface area (Å²) in [6.07, 6.45) is 5.27. The van der Waals surface area contributed by atoms with Crippen LogP contribution in [0.15, 0.2) is 47.5 Å². The molecule has 0 fully saturated rings. The van der Waals surface area contributed by atoms with Crippen LogP contribution in [0.2, 0.25) is 0 Å². The topological polar surface area (TPSA) is 66.0 Å². The second-order valence-corrected chi connectivity index (χ2v) is 3.98. The van der Waals surface area contributed by atoms with Gasteiger partial charge in [0.05, 0.1) is 20.0 Å². The third-order valence-electron chi connectivity index (χ3n) is 2.67. The van der Waals surface area contributed by atoms with Gasteiger partial charge in [-0.2, -0.15) is 4.98 Å². The minimum Gasteiger partial charge on any atom is -0.497 e. The van der Waals surface area contributed by atoms with Gasteiger partial charge >= 0.3 is 0 Å². The molecule has 0 atom stereocenters. The van der Waals surface area contributed by atoms with E-state index in [0.717, 1.165) is 11.3 Å². The van der Waals surface area contributed by atoms with E-state index in [1.807, 2.05) is 35.0 Å². The first kappa shape index (κ1) is 11.5. The fourth-order valence-corrected chi connectivity index (χ4v) is 1.74. The van der Waals surface area contributed by atoms with Gasteiger partial charge in [-0.3, -0.25) is 0 Å². The van der Waals surface area contributed by atoms with Crippen LogP contribution in [0, 0.1) is 0 Å². The van der Waals surface area contributed by atoms with Gasteiger partial charge in [-0.1, -0.05) is 11.2 Å². The van der Waals surface area contributed by atoms with Crippen LogP contribution in [0.1, 0.15) is 5.82 Å². The Morgan fingerprint density at radius 3 is 3.11 bits per heavy atom. The molecule has 1 aromatic carbocycles. The summed E-state index contributed by atoms with van der Waals surface area (Å²) in [5.74, 6) is 1.84. The lowest BCUT2D eigenvalue weighted by Crippen LogP contribution is -1.98. The standard InChI is InChI=1S/C13H12N4O2/c1-18-11-4-2-3-10(7-11)13-15-12(16-19-13)8-17-6-5-14-9-17/h2-7,9H,8H2,1H3. The van der Waals surface area contributed by atoms with Crippen LogP contribution >= 0.6 is 0 Å². The average molecular weight is 256 g/mol. The molecule has 2 heterocycles. The maximum atomic E-state index is 5.25. The molecule has 0 N–H and O–H groups in total. The molecule has 19 heavy (non-hydrogen) atoms. The summed E-state index contributed by atoms with van der Waals surface area (Å²) in [6.45, 7) is 0.535. The molecule has 3 aromatic rings. The highest BCUT2D eigenvalue weighted by molar-refractivity contribution is 5.55. The number of aromatic nitrogens is 4. The van der Waals surface area contributed by atoms with Crippen molar-refractivity contribution in [2.45, 2.75) is 6.54 Å². The molecule has 0 bridgehead atoms. The summed E-state index contributed by atoms with van der Waals surface area (Å²) in [6, 6.07) is 7.51.